The molecule has 2 aromatic carbocycles. The Kier molecular flexibility index (Phi) is 7.20. The standard InChI is InChI=1S/C18H22N2O2S/c19-18(23)20-15-9-11-17(12-10-15)22-14-6-2-5-13-21-16-7-3-1-4-8-16/h1,3-4,7-12H,2,5-6,13-14H2,(H3,19,20,23). The van der Waals surface area contributed by atoms with Gasteiger partial charge in [-0.1, -0.05) is 18.2 Å². The van der Waals surface area contributed by atoms with Crippen LogP contribution in [0.15, 0.2) is 54.6 Å². The van der Waals surface area contributed by atoms with Gasteiger partial charge in [0.25, 0.3) is 0 Å². The van der Waals surface area contributed by atoms with Crippen molar-refractivity contribution in [3.63, 3.8) is 0 Å². The van der Waals surface area contributed by atoms with Crippen LogP contribution in [0, 0.1) is 0 Å². The van der Waals surface area contributed by atoms with Gasteiger partial charge in [-0.15, -0.1) is 0 Å². The second-order valence-corrected chi connectivity index (χ2v) is 5.52. The van der Waals surface area contributed by atoms with Crippen LogP contribution < -0.4 is 20.5 Å². The molecule has 0 aliphatic rings. The highest BCUT2D eigenvalue weighted by Crippen LogP contribution is 2.16. The molecule has 0 aromatic heterocycles. The average Bonchev–Trinajstić information content (AvgIpc) is 2.56. The SMILES string of the molecule is NC(=S)Nc1ccc(OCCCCCOc2ccccc2)cc1. The van der Waals surface area contributed by atoms with Crippen molar-refractivity contribution >= 4 is 23.0 Å². The van der Waals surface area contributed by atoms with Crippen molar-refractivity contribution in [2.75, 3.05) is 18.5 Å². The van der Waals surface area contributed by atoms with E-state index in [1.54, 1.807) is 0 Å². The van der Waals surface area contributed by atoms with Crippen LogP contribution in [0.5, 0.6) is 11.5 Å². The summed E-state index contributed by atoms with van der Waals surface area (Å²) in [6, 6.07) is 17.5. The molecule has 0 aliphatic heterocycles. The third kappa shape index (κ3) is 7.02. The molecule has 5 heteroatoms. The minimum Gasteiger partial charge on any atom is -0.494 e. The van der Waals surface area contributed by atoms with Gasteiger partial charge in [-0.3, -0.25) is 0 Å². The summed E-state index contributed by atoms with van der Waals surface area (Å²) in [7, 11) is 0. The highest BCUT2D eigenvalue weighted by molar-refractivity contribution is 7.80. The van der Waals surface area contributed by atoms with E-state index < -0.39 is 0 Å². The molecule has 0 atom stereocenters. The van der Waals surface area contributed by atoms with Gasteiger partial charge in [0.15, 0.2) is 5.11 Å². The predicted octanol–water partition coefficient (Wildman–Crippen LogP) is 3.97. The lowest BCUT2D eigenvalue weighted by Crippen LogP contribution is -2.18. The molecule has 122 valence electrons. The first-order chi connectivity index (χ1) is 11.2. The summed E-state index contributed by atoms with van der Waals surface area (Å²) in [5.74, 6) is 1.77. The van der Waals surface area contributed by atoms with Crippen LogP contribution >= 0.6 is 12.2 Å². The molecule has 2 aromatic rings. The topological polar surface area (TPSA) is 56.5 Å². The number of hydrogen-bond donors (Lipinski definition) is 2. The highest BCUT2D eigenvalue weighted by atomic mass is 32.1. The molecule has 3 N–H and O–H groups in total. The summed E-state index contributed by atoms with van der Waals surface area (Å²) in [5.41, 5.74) is 6.28. The van der Waals surface area contributed by atoms with Crippen molar-refractivity contribution in [2.24, 2.45) is 5.73 Å². The van der Waals surface area contributed by atoms with Crippen LogP contribution in [0.25, 0.3) is 0 Å². The quantitative estimate of drug-likeness (QED) is 0.538. The Labute approximate surface area is 142 Å². The van der Waals surface area contributed by atoms with Crippen LogP contribution in [-0.4, -0.2) is 18.3 Å². The van der Waals surface area contributed by atoms with Gasteiger partial charge in [0.1, 0.15) is 11.5 Å². The van der Waals surface area contributed by atoms with Crippen LogP contribution in [0.4, 0.5) is 5.69 Å². The number of unbranched alkanes of at least 4 members (excludes halogenated alkanes) is 2. The Bertz CT molecular complexity index is 588. The number of benzene rings is 2. The number of hydrogen-bond acceptors (Lipinski definition) is 3. The van der Waals surface area contributed by atoms with E-state index in [1.807, 2.05) is 54.6 Å². The third-order valence-corrected chi connectivity index (χ3v) is 3.29. The molecule has 0 spiro atoms. The van der Waals surface area contributed by atoms with Crippen molar-refractivity contribution in [3.05, 3.63) is 54.6 Å². The molecule has 0 aliphatic carbocycles. The lowest BCUT2D eigenvalue weighted by molar-refractivity contribution is 0.279. The summed E-state index contributed by atoms with van der Waals surface area (Å²) in [6.45, 7) is 1.44. The molecule has 0 radical (unpaired) electrons. The molecule has 0 heterocycles. The summed E-state index contributed by atoms with van der Waals surface area (Å²) in [6.07, 6.45) is 3.11. The minimum atomic E-state index is 0.261. The van der Waals surface area contributed by atoms with Gasteiger partial charge >= 0.3 is 0 Å². The number of para-hydroxylation sites is 1. The molecule has 23 heavy (non-hydrogen) atoms. The van der Waals surface area contributed by atoms with Gasteiger partial charge in [0, 0.05) is 5.69 Å². The number of nitrogens with one attached hydrogen (secondary N) is 1. The Balaban J connectivity index is 1.54. The van der Waals surface area contributed by atoms with E-state index in [0.29, 0.717) is 6.61 Å². The minimum absolute atomic E-state index is 0.261. The molecule has 0 bridgehead atoms. The largest absolute Gasteiger partial charge is 0.494 e. The molecule has 0 saturated carbocycles. The van der Waals surface area contributed by atoms with Crippen LogP contribution in [0.1, 0.15) is 19.3 Å². The lowest BCUT2D eigenvalue weighted by atomic mass is 10.2. The van der Waals surface area contributed by atoms with Gasteiger partial charge in [-0.25, -0.2) is 0 Å². The Morgan fingerprint density at radius 3 is 1.96 bits per heavy atom. The monoisotopic (exact) mass is 330 g/mol. The fraction of sp³-hybridized carbons (Fsp3) is 0.278. The maximum atomic E-state index is 5.70. The summed E-state index contributed by atoms with van der Waals surface area (Å²) < 4.78 is 11.3. The first-order valence-corrected chi connectivity index (χ1v) is 8.12. The van der Waals surface area contributed by atoms with Crippen LogP contribution in [0.3, 0.4) is 0 Å². The second-order valence-electron chi connectivity index (χ2n) is 5.08. The van der Waals surface area contributed by atoms with E-state index >= 15 is 0 Å². The number of rotatable bonds is 9. The zero-order chi connectivity index (χ0) is 16.3. The Hall–Kier alpha value is -2.27. The molecular formula is C18H22N2O2S. The molecule has 0 unspecified atom stereocenters. The Morgan fingerprint density at radius 2 is 1.39 bits per heavy atom. The number of nitrogens with two attached hydrogens (primary N) is 1. The third-order valence-electron chi connectivity index (χ3n) is 3.19. The van der Waals surface area contributed by atoms with Crippen molar-refractivity contribution < 1.29 is 9.47 Å². The second kappa shape index (κ2) is 9.69. The molecule has 4 nitrogen and oxygen atoms in total. The fourth-order valence-electron chi connectivity index (χ4n) is 2.05. The smallest absolute Gasteiger partial charge is 0.168 e. The van der Waals surface area contributed by atoms with E-state index in [1.165, 1.54) is 0 Å². The number of thiocarbonyl (C=S) groups is 1. The number of anilines is 1. The van der Waals surface area contributed by atoms with E-state index in [0.717, 1.165) is 43.1 Å². The van der Waals surface area contributed by atoms with E-state index in [9.17, 15) is 0 Å². The zero-order valence-corrected chi connectivity index (χ0v) is 13.9. The van der Waals surface area contributed by atoms with Crippen molar-refractivity contribution in [1.29, 1.82) is 0 Å². The zero-order valence-electron chi connectivity index (χ0n) is 13.0. The van der Waals surface area contributed by atoms with E-state index in [4.69, 9.17) is 27.4 Å². The fourth-order valence-corrected chi connectivity index (χ4v) is 2.17. The molecule has 0 amide bonds. The first kappa shape index (κ1) is 17.1. The van der Waals surface area contributed by atoms with Crippen LogP contribution in [-0.2, 0) is 0 Å². The van der Waals surface area contributed by atoms with Gasteiger partial charge in [-0.2, -0.15) is 0 Å². The summed E-state index contributed by atoms with van der Waals surface area (Å²) >= 11 is 4.79. The predicted molar refractivity (Wildman–Crippen MR) is 98.1 cm³/mol. The maximum Gasteiger partial charge on any atom is 0.168 e. The van der Waals surface area contributed by atoms with Crippen molar-refractivity contribution in [2.45, 2.75) is 19.3 Å². The molecular weight excluding hydrogens is 308 g/mol. The van der Waals surface area contributed by atoms with Gasteiger partial charge in [-0.05, 0) is 67.9 Å². The molecule has 0 saturated heterocycles. The maximum absolute atomic E-state index is 5.70. The Morgan fingerprint density at radius 1 is 0.826 bits per heavy atom. The van der Waals surface area contributed by atoms with Gasteiger partial charge < -0.3 is 20.5 Å². The average molecular weight is 330 g/mol. The summed E-state index contributed by atoms with van der Waals surface area (Å²) in [4.78, 5) is 0. The normalized spacial score (nSPS) is 10.1. The van der Waals surface area contributed by atoms with Gasteiger partial charge in [0.05, 0.1) is 13.2 Å². The van der Waals surface area contributed by atoms with Crippen molar-refractivity contribution in [1.82, 2.24) is 0 Å². The van der Waals surface area contributed by atoms with Crippen LogP contribution in [0.2, 0.25) is 0 Å². The molecule has 2 rings (SSSR count). The van der Waals surface area contributed by atoms with E-state index in [-0.39, 0.29) is 5.11 Å². The van der Waals surface area contributed by atoms with E-state index in [2.05, 4.69) is 5.32 Å². The van der Waals surface area contributed by atoms with Crippen molar-refractivity contribution in [3.8, 4) is 11.5 Å². The first-order valence-electron chi connectivity index (χ1n) is 7.71. The van der Waals surface area contributed by atoms with Gasteiger partial charge in [0.2, 0.25) is 0 Å². The molecule has 0 fully saturated rings. The lowest BCUT2D eigenvalue weighted by Gasteiger charge is -2.08. The number of ether oxygens (including phenoxy) is 2. The summed E-state index contributed by atoms with van der Waals surface area (Å²) in [5, 5.41) is 3.14. The highest BCUT2D eigenvalue weighted by Gasteiger charge is 1.97.